The SMILES string of the molecule is COc1ccc(C)cc1-n1ccnc1SCC(=O)NC(C)(C)C. The van der Waals surface area contributed by atoms with Crippen LogP contribution in [-0.2, 0) is 4.79 Å². The van der Waals surface area contributed by atoms with Crippen LogP contribution in [0.15, 0.2) is 35.7 Å². The average Bonchev–Trinajstić information content (AvgIpc) is 2.91. The number of aromatic nitrogens is 2. The molecule has 1 N–H and O–H groups in total. The third kappa shape index (κ3) is 4.76. The number of amides is 1. The maximum Gasteiger partial charge on any atom is 0.230 e. The van der Waals surface area contributed by atoms with Gasteiger partial charge in [-0.25, -0.2) is 4.98 Å². The Hall–Kier alpha value is -1.95. The summed E-state index contributed by atoms with van der Waals surface area (Å²) in [6.07, 6.45) is 3.60. The van der Waals surface area contributed by atoms with Crippen LogP contribution in [-0.4, -0.2) is 33.9 Å². The number of nitrogens with zero attached hydrogens (tertiary/aromatic N) is 2. The van der Waals surface area contributed by atoms with E-state index < -0.39 is 0 Å². The highest BCUT2D eigenvalue weighted by Gasteiger charge is 2.16. The first kappa shape index (κ1) is 17.4. The molecule has 0 fully saturated rings. The molecular formula is C17H23N3O2S. The average molecular weight is 333 g/mol. The molecule has 23 heavy (non-hydrogen) atoms. The molecule has 6 heteroatoms. The van der Waals surface area contributed by atoms with Gasteiger partial charge in [-0.05, 0) is 45.4 Å². The van der Waals surface area contributed by atoms with Crippen LogP contribution < -0.4 is 10.1 Å². The minimum Gasteiger partial charge on any atom is -0.495 e. The van der Waals surface area contributed by atoms with Gasteiger partial charge in [-0.15, -0.1) is 0 Å². The Morgan fingerprint density at radius 3 is 2.78 bits per heavy atom. The fourth-order valence-electron chi connectivity index (χ4n) is 2.15. The monoisotopic (exact) mass is 333 g/mol. The van der Waals surface area contributed by atoms with E-state index in [1.54, 1.807) is 13.3 Å². The predicted molar refractivity (Wildman–Crippen MR) is 93.5 cm³/mol. The molecule has 0 atom stereocenters. The number of ether oxygens (including phenoxy) is 1. The van der Waals surface area contributed by atoms with Crippen molar-refractivity contribution in [3.8, 4) is 11.4 Å². The van der Waals surface area contributed by atoms with Gasteiger partial charge in [0.25, 0.3) is 0 Å². The molecule has 0 aliphatic heterocycles. The van der Waals surface area contributed by atoms with E-state index >= 15 is 0 Å². The molecule has 0 aliphatic rings. The van der Waals surface area contributed by atoms with Crippen LogP contribution in [0.1, 0.15) is 26.3 Å². The van der Waals surface area contributed by atoms with Gasteiger partial charge in [0.1, 0.15) is 5.75 Å². The van der Waals surface area contributed by atoms with E-state index in [1.807, 2.05) is 56.7 Å². The first-order chi connectivity index (χ1) is 10.8. The second-order valence-corrected chi connectivity index (χ2v) is 7.28. The van der Waals surface area contributed by atoms with Crippen LogP contribution in [0.4, 0.5) is 0 Å². The molecule has 0 aliphatic carbocycles. The Morgan fingerprint density at radius 2 is 2.13 bits per heavy atom. The lowest BCUT2D eigenvalue weighted by atomic mass is 10.1. The predicted octanol–water partition coefficient (Wildman–Crippen LogP) is 3.20. The second kappa shape index (κ2) is 7.08. The number of hydrogen-bond acceptors (Lipinski definition) is 4. The van der Waals surface area contributed by atoms with Crippen molar-refractivity contribution in [2.24, 2.45) is 0 Å². The third-order valence-corrected chi connectivity index (χ3v) is 4.01. The highest BCUT2D eigenvalue weighted by atomic mass is 32.2. The lowest BCUT2D eigenvalue weighted by Gasteiger charge is -2.20. The zero-order chi connectivity index (χ0) is 17.0. The molecule has 0 saturated carbocycles. The zero-order valence-corrected chi connectivity index (χ0v) is 15.0. The number of aryl methyl sites for hydroxylation is 1. The largest absolute Gasteiger partial charge is 0.495 e. The zero-order valence-electron chi connectivity index (χ0n) is 14.2. The Labute approximate surface area is 141 Å². The van der Waals surface area contributed by atoms with Crippen molar-refractivity contribution in [2.45, 2.75) is 38.4 Å². The molecule has 5 nitrogen and oxygen atoms in total. The molecule has 2 aromatic rings. The smallest absolute Gasteiger partial charge is 0.230 e. The second-order valence-electron chi connectivity index (χ2n) is 6.34. The maximum absolute atomic E-state index is 12.0. The van der Waals surface area contributed by atoms with Crippen LogP contribution in [0.3, 0.4) is 0 Å². The van der Waals surface area contributed by atoms with Crippen molar-refractivity contribution in [3.63, 3.8) is 0 Å². The number of methoxy groups -OCH3 is 1. The lowest BCUT2D eigenvalue weighted by molar-refractivity contribution is -0.119. The number of benzene rings is 1. The third-order valence-electron chi connectivity index (χ3n) is 3.05. The molecule has 1 amide bonds. The number of thioether (sulfide) groups is 1. The van der Waals surface area contributed by atoms with Crippen LogP contribution >= 0.6 is 11.8 Å². The Kier molecular flexibility index (Phi) is 5.36. The lowest BCUT2D eigenvalue weighted by Crippen LogP contribution is -2.41. The molecule has 0 bridgehead atoms. The van der Waals surface area contributed by atoms with Crippen molar-refractivity contribution in [1.29, 1.82) is 0 Å². The number of carbonyl (C=O) groups is 1. The van der Waals surface area contributed by atoms with Crippen LogP contribution in [0, 0.1) is 6.92 Å². The Bertz CT molecular complexity index is 689. The van der Waals surface area contributed by atoms with Crippen LogP contribution in [0.5, 0.6) is 5.75 Å². The molecule has 0 radical (unpaired) electrons. The van der Waals surface area contributed by atoms with Crippen molar-refractivity contribution in [1.82, 2.24) is 14.9 Å². The van der Waals surface area contributed by atoms with Gasteiger partial charge in [0.15, 0.2) is 5.16 Å². The van der Waals surface area contributed by atoms with E-state index in [2.05, 4.69) is 10.3 Å². The molecule has 124 valence electrons. The van der Waals surface area contributed by atoms with Gasteiger partial charge in [0.05, 0.1) is 18.6 Å². The summed E-state index contributed by atoms with van der Waals surface area (Å²) < 4.78 is 7.38. The maximum atomic E-state index is 12.0. The standard InChI is InChI=1S/C17H23N3O2S/c1-12-6-7-14(22-5)13(10-12)20-9-8-18-16(20)23-11-15(21)19-17(2,3)4/h6-10H,11H2,1-5H3,(H,19,21). The summed E-state index contributed by atoms with van der Waals surface area (Å²) in [7, 11) is 1.65. The van der Waals surface area contributed by atoms with E-state index in [9.17, 15) is 4.79 Å². The van der Waals surface area contributed by atoms with Gasteiger partial charge < -0.3 is 10.1 Å². The van der Waals surface area contributed by atoms with Crippen molar-refractivity contribution < 1.29 is 9.53 Å². The molecule has 1 heterocycles. The summed E-state index contributed by atoms with van der Waals surface area (Å²) in [5, 5.41) is 3.71. The summed E-state index contributed by atoms with van der Waals surface area (Å²) in [6, 6.07) is 5.98. The number of nitrogens with one attached hydrogen (secondary N) is 1. The fraction of sp³-hybridized carbons (Fsp3) is 0.412. The van der Waals surface area contributed by atoms with E-state index in [0.717, 1.165) is 22.2 Å². The Balaban J connectivity index is 2.17. The summed E-state index contributed by atoms with van der Waals surface area (Å²) in [5.74, 6) is 1.09. The summed E-state index contributed by atoms with van der Waals surface area (Å²) >= 11 is 1.41. The minimum absolute atomic E-state index is 0.00624. The van der Waals surface area contributed by atoms with Crippen LogP contribution in [0.2, 0.25) is 0 Å². The summed E-state index contributed by atoms with van der Waals surface area (Å²) in [6.45, 7) is 7.93. The Morgan fingerprint density at radius 1 is 1.39 bits per heavy atom. The van der Waals surface area contributed by atoms with Crippen LogP contribution in [0.25, 0.3) is 5.69 Å². The quantitative estimate of drug-likeness (QED) is 0.854. The molecular weight excluding hydrogens is 310 g/mol. The molecule has 1 aromatic carbocycles. The first-order valence-corrected chi connectivity index (χ1v) is 8.41. The van der Waals surface area contributed by atoms with Gasteiger partial charge in [0, 0.05) is 17.9 Å². The van der Waals surface area contributed by atoms with Gasteiger partial charge in [-0.3, -0.25) is 9.36 Å². The van der Waals surface area contributed by atoms with Crippen molar-refractivity contribution >= 4 is 17.7 Å². The van der Waals surface area contributed by atoms with E-state index in [4.69, 9.17) is 4.74 Å². The minimum atomic E-state index is -0.229. The topological polar surface area (TPSA) is 56.2 Å². The van der Waals surface area contributed by atoms with Gasteiger partial charge in [-0.1, -0.05) is 17.8 Å². The summed E-state index contributed by atoms with van der Waals surface area (Å²) in [5.41, 5.74) is 1.83. The highest BCUT2D eigenvalue weighted by Crippen LogP contribution is 2.28. The van der Waals surface area contributed by atoms with Crippen molar-refractivity contribution in [3.05, 3.63) is 36.2 Å². The molecule has 0 unspecified atom stereocenters. The van der Waals surface area contributed by atoms with Crippen molar-refractivity contribution in [2.75, 3.05) is 12.9 Å². The number of rotatable bonds is 5. The number of hydrogen-bond donors (Lipinski definition) is 1. The fourth-order valence-corrected chi connectivity index (χ4v) is 2.92. The molecule has 1 aromatic heterocycles. The van der Waals surface area contributed by atoms with E-state index in [0.29, 0.717) is 5.75 Å². The normalized spacial score (nSPS) is 11.3. The highest BCUT2D eigenvalue weighted by molar-refractivity contribution is 7.99. The van der Waals surface area contributed by atoms with E-state index in [1.165, 1.54) is 11.8 Å². The molecule has 0 saturated heterocycles. The molecule has 0 spiro atoms. The number of carbonyl (C=O) groups excluding carboxylic acids is 1. The number of imidazole rings is 1. The van der Waals surface area contributed by atoms with Gasteiger partial charge in [-0.2, -0.15) is 0 Å². The van der Waals surface area contributed by atoms with Gasteiger partial charge in [0.2, 0.25) is 5.91 Å². The van der Waals surface area contributed by atoms with Gasteiger partial charge >= 0.3 is 0 Å². The summed E-state index contributed by atoms with van der Waals surface area (Å²) in [4.78, 5) is 16.3. The molecule has 2 rings (SSSR count). The first-order valence-electron chi connectivity index (χ1n) is 7.42. The van der Waals surface area contributed by atoms with E-state index in [-0.39, 0.29) is 11.4 Å².